The van der Waals surface area contributed by atoms with Gasteiger partial charge in [0, 0.05) is 46.1 Å². The van der Waals surface area contributed by atoms with Crippen LogP contribution in [0, 0.1) is 0 Å². The second-order valence-electron chi connectivity index (χ2n) is 4.98. The Labute approximate surface area is 154 Å². The molecule has 0 bridgehead atoms. The normalized spacial score (nSPS) is 10.8. The number of benzene rings is 1. The highest BCUT2D eigenvalue weighted by Gasteiger charge is 2.06. The van der Waals surface area contributed by atoms with Gasteiger partial charge in [-0.05, 0) is 17.7 Å². The molecule has 0 atom stereocenters. The van der Waals surface area contributed by atoms with E-state index in [9.17, 15) is 0 Å². The van der Waals surface area contributed by atoms with Crippen molar-refractivity contribution in [2.75, 3.05) is 27.7 Å². The number of hydrogen-bond donors (Lipinski definition) is 1. The molecule has 0 saturated heterocycles. The molecule has 0 aliphatic heterocycles. The van der Waals surface area contributed by atoms with Crippen LogP contribution in [-0.2, 0) is 13.1 Å². The van der Waals surface area contributed by atoms with Gasteiger partial charge in [-0.15, -0.1) is 24.0 Å². The Kier molecular flexibility index (Phi) is 8.46. The van der Waals surface area contributed by atoms with Crippen LogP contribution in [0.1, 0.15) is 5.56 Å². The molecule has 0 aliphatic rings. The fourth-order valence-electron chi connectivity index (χ4n) is 2.18. The van der Waals surface area contributed by atoms with E-state index in [4.69, 9.17) is 4.74 Å². The Morgan fingerprint density at radius 1 is 1.35 bits per heavy atom. The van der Waals surface area contributed by atoms with Gasteiger partial charge in [-0.3, -0.25) is 4.99 Å². The smallest absolute Gasteiger partial charge is 0.193 e. The fraction of sp³-hybridized carbons (Fsp3) is 0.375. The van der Waals surface area contributed by atoms with Gasteiger partial charge in [0.1, 0.15) is 5.75 Å². The van der Waals surface area contributed by atoms with E-state index >= 15 is 0 Å². The summed E-state index contributed by atoms with van der Waals surface area (Å²) in [5.41, 5.74) is 1.21. The lowest BCUT2D eigenvalue weighted by atomic mass is 10.2. The molecular weight excluding hydrogens is 405 g/mol. The van der Waals surface area contributed by atoms with Crippen molar-refractivity contribution >= 4 is 29.9 Å². The van der Waals surface area contributed by atoms with Gasteiger partial charge in [-0.25, -0.2) is 4.98 Å². The van der Waals surface area contributed by atoms with Gasteiger partial charge in [0.05, 0.1) is 13.4 Å². The number of rotatable bonds is 6. The first kappa shape index (κ1) is 19.3. The third kappa shape index (κ3) is 6.09. The predicted molar refractivity (Wildman–Crippen MR) is 103 cm³/mol. The van der Waals surface area contributed by atoms with E-state index in [2.05, 4.69) is 32.3 Å². The molecule has 1 aromatic carbocycles. The molecule has 0 fully saturated rings. The van der Waals surface area contributed by atoms with E-state index in [1.807, 2.05) is 36.3 Å². The molecule has 0 aliphatic carbocycles. The van der Waals surface area contributed by atoms with Gasteiger partial charge < -0.3 is 19.5 Å². The molecule has 126 valence electrons. The van der Waals surface area contributed by atoms with Gasteiger partial charge in [-0.1, -0.05) is 12.1 Å². The third-order valence-corrected chi connectivity index (χ3v) is 3.36. The summed E-state index contributed by atoms with van der Waals surface area (Å²) in [5, 5.41) is 3.35. The Balaban J connectivity index is 0.00000264. The lowest BCUT2D eigenvalue weighted by Gasteiger charge is -2.22. The van der Waals surface area contributed by atoms with Crippen LogP contribution in [0.25, 0.3) is 0 Å². The van der Waals surface area contributed by atoms with Crippen LogP contribution >= 0.6 is 24.0 Å². The van der Waals surface area contributed by atoms with Gasteiger partial charge in [0.15, 0.2) is 5.96 Å². The average molecular weight is 429 g/mol. The molecule has 2 rings (SSSR count). The fourth-order valence-corrected chi connectivity index (χ4v) is 2.18. The van der Waals surface area contributed by atoms with Gasteiger partial charge in [0.25, 0.3) is 0 Å². The Morgan fingerprint density at radius 2 is 2.09 bits per heavy atom. The number of aliphatic imine (C=N–C) groups is 1. The number of nitrogens with zero attached hydrogens (tertiary/aromatic N) is 4. The number of hydrogen-bond acceptors (Lipinski definition) is 3. The van der Waals surface area contributed by atoms with Gasteiger partial charge >= 0.3 is 0 Å². The molecule has 6 nitrogen and oxygen atoms in total. The molecule has 0 amide bonds. The highest BCUT2D eigenvalue weighted by Crippen LogP contribution is 2.12. The number of guanidine groups is 1. The first-order valence-electron chi connectivity index (χ1n) is 7.23. The first-order chi connectivity index (χ1) is 10.7. The number of methoxy groups -OCH3 is 1. The minimum Gasteiger partial charge on any atom is -0.497 e. The predicted octanol–water partition coefficient (Wildman–Crippen LogP) is 2.22. The Morgan fingerprint density at radius 3 is 2.65 bits per heavy atom. The lowest BCUT2D eigenvalue weighted by Crippen LogP contribution is -2.39. The van der Waals surface area contributed by atoms with Crippen molar-refractivity contribution < 1.29 is 4.74 Å². The highest BCUT2D eigenvalue weighted by atomic mass is 127. The molecule has 23 heavy (non-hydrogen) atoms. The summed E-state index contributed by atoms with van der Waals surface area (Å²) in [4.78, 5) is 10.4. The molecule has 0 unspecified atom stereocenters. The molecule has 7 heteroatoms. The summed E-state index contributed by atoms with van der Waals surface area (Å²) in [5.74, 6) is 1.74. The zero-order valence-corrected chi connectivity index (χ0v) is 16.1. The summed E-state index contributed by atoms with van der Waals surface area (Å²) in [6.45, 7) is 2.44. The van der Waals surface area contributed by atoms with Crippen molar-refractivity contribution in [3.63, 3.8) is 0 Å². The maximum Gasteiger partial charge on any atom is 0.193 e. The molecule has 1 N–H and O–H groups in total. The Hall–Kier alpha value is -1.77. The molecule has 0 spiro atoms. The van der Waals surface area contributed by atoms with E-state index in [1.54, 1.807) is 20.4 Å². The molecule has 1 aromatic heterocycles. The maximum absolute atomic E-state index is 5.17. The Bertz CT molecular complexity index is 583. The van der Waals surface area contributed by atoms with Crippen molar-refractivity contribution in [1.82, 2.24) is 19.8 Å². The summed E-state index contributed by atoms with van der Waals surface area (Å²) >= 11 is 0. The van der Waals surface area contributed by atoms with Gasteiger partial charge in [-0.2, -0.15) is 0 Å². The van der Waals surface area contributed by atoms with E-state index in [0.717, 1.165) is 31.3 Å². The van der Waals surface area contributed by atoms with E-state index in [1.165, 1.54) is 5.56 Å². The zero-order chi connectivity index (χ0) is 15.8. The van der Waals surface area contributed by atoms with Crippen LogP contribution in [0.4, 0.5) is 0 Å². The highest BCUT2D eigenvalue weighted by molar-refractivity contribution is 14.0. The van der Waals surface area contributed by atoms with Crippen LogP contribution in [0.15, 0.2) is 48.0 Å². The standard InChI is InChI=1S/C16H23N5O.HI/c1-17-16(19-9-11-21-10-8-18-13-21)20(2)12-14-4-6-15(22-3)7-5-14;/h4-8,10,13H,9,11-12H2,1-3H3,(H,17,19);1H. The van der Waals surface area contributed by atoms with E-state index in [-0.39, 0.29) is 24.0 Å². The molecule has 0 saturated carbocycles. The third-order valence-electron chi connectivity index (χ3n) is 3.36. The number of imidazole rings is 1. The van der Waals surface area contributed by atoms with Crippen molar-refractivity contribution in [1.29, 1.82) is 0 Å². The summed E-state index contributed by atoms with van der Waals surface area (Å²) < 4.78 is 7.21. The first-order valence-corrected chi connectivity index (χ1v) is 7.23. The minimum atomic E-state index is 0. The van der Waals surface area contributed by atoms with Crippen LogP contribution in [0.5, 0.6) is 5.75 Å². The van der Waals surface area contributed by atoms with Crippen LogP contribution in [-0.4, -0.2) is 48.2 Å². The lowest BCUT2D eigenvalue weighted by molar-refractivity contribution is 0.414. The largest absolute Gasteiger partial charge is 0.497 e. The minimum absolute atomic E-state index is 0. The number of ether oxygens (including phenoxy) is 1. The molecule has 0 radical (unpaired) electrons. The van der Waals surface area contributed by atoms with E-state index in [0.29, 0.717) is 0 Å². The average Bonchev–Trinajstić information content (AvgIpc) is 3.05. The van der Waals surface area contributed by atoms with Gasteiger partial charge in [0.2, 0.25) is 0 Å². The van der Waals surface area contributed by atoms with Crippen molar-refractivity contribution in [3.8, 4) is 5.75 Å². The maximum atomic E-state index is 5.17. The SMILES string of the molecule is CN=C(NCCn1ccnc1)N(C)Cc1ccc(OC)cc1.I. The van der Waals surface area contributed by atoms with Crippen LogP contribution in [0.3, 0.4) is 0 Å². The monoisotopic (exact) mass is 429 g/mol. The molecular formula is C16H24IN5O. The van der Waals surface area contributed by atoms with E-state index < -0.39 is 0 Å². The number of nitrogens with one attached hydrogen (secondary N) is 1. The van der Waals surface area contributed by atoms with Crippen LogP contribution < -0.4 is 10.1 Å². The number of halogens is 1. The molecule has 2 aromatic rings. The number of aromatic nitrogens is 2. The molecule has 1 heterocycles. The second-order valence-corrected chi connectivity index (χ2v) is 4.98. The van der Waals surface area contributed by atoms with Crippen molar-refractivity contribution in [2.45, 2.75) is 13.1 Å². The topological polar surface area (TPSA) is 54.7 Å². The van der Waals surface area contributed by atoms with Crippen molar-refractivity contribution in [2.24, 2.45) is 4.99 Å². The zero-order valence-electron chi connectivity index (χ0n) is 13.8. The quantitative estimate of drug-likeness (QED) is 0.435. The summed E-state index contributed by atoms with van der Waals surface area (Å²) in [7, 11) is 5.49. The van der Waals surface area contributed by atoms with Crippen LogP contribution in [0.2, 0.25) is 0 Å². The second kappa shape index (κ2) is 10.1. The summed E-state index contributed by atoms with van der Waals surface area (Å²) in [6, 6.07) is 8.07. The van der Waals surface area contributed by atoms with Crippen molar-refractivity contribution in [3.05, 3.63) is 48.5 Å². The summed E-state index contributed by atoms with van der Waals surface area (Å²) in [6.07, 6.45) is 5.54.